The lowest BCUT2D eigenvalue weighted by Crippen LogP contribution is -2.33. The van der Waals surface area contributed by atoms with Crippen LogP contribution in [0.1, 0.15) is 25.3 Å². The Labute approximate surface area is 193 Å². The zero-order chi connectivity index (χ0) is 24.4. The van der Waals surface area contributed by atoms with Gasteiger partial charge in [-0.1, -0.05) is 19.1 Å². The lowest BCUT2D eigenvalue weighted by Gasteiger charge is -2.24. The van der Waals surface area contributed by atoms with Crippen molar-refractivity contribution < 1.29 is 27.6 Å². The van der Waals surface area contributed by atoms with Crippen LogP contribution < -0.4 is 19.1 Å². The lowest BCUT2D eigenvalue weighted by atomic mass is 10.2. The van der Waals surface area contributed by atoms with Crippen LogP contribution in [0.2, 0.25) is 0 Å². The SMILES string of the molecule is CCc1ccc(OCCNC(=O)CCCN(c2cc([N+](=O)[O-])ccc2OC)S(C)(=O)=O)cc1. The summed E-state index contributed by atoms with van der Waals surface area (Å²) in [6, 6.07) is 11.4. The van der Waals surface area contributed by atoms with E-state index >= 15 is 0 Å². The molecule has 0 atom stereocenters. The number of methoxy groups -OCH3 is 1. The number of hydrogen-bond donors (Lipinski definition) is 1. The number of anilines is 1. The monoisotopic (exact) mass is 479 g/mol. The Hall–Kier alpha value is -3.34. The Morgan fingerprint density at radius 1 is 1.18 bits per heavy atom. The van der Waals surface area contributed by atoms with Gasteiger partial charge in [-0.2, -0.15) is 0 Å². The van der Waals surface area contributed by atoms with Crippen molar-refractivity contribution in [3.63, 3.8) is 0 Å². The Morgan fingerprint density at radius 2 is 1.88 bits per heavy atom. The van der Waals surface area contributed by atoms with Gasteiger partial charge in [-0.25, -0.2) is 8.42 Å². The first-order valence-electron chi connectivity index (χ1n) is 10.4. The van der Waals surface area contributed by atoms with Crippen molar-refractivity contribution in [1.29, 1.82) is 0 Å². The average molecular weight is 480 g/mol. The first-order valence-corrected chi connectivity index (χ1v) is 12.3. The molecule has 0 spiro atoms. The molecule has 0 aliphatic carbocycles. The quantitative estimate of drug-likeness (QED) is 0.266. The maximum absolute atomic E-state index is 12.3. The number of sulfonamides is 1. The highest BCUT2D eigenvalue weighted by Gasteiger charge is 2.24. The maximum Gasteiger partial charge on any atom is 0.271 e. The Balaban J connectivity index is 1.88. The van der Waals surface area contributed by atoms with Crippen molar-refractivity contribution in [3.05, 3.63) is 58.1 Å². The van der Waals surface area contributed by atoms with E-state index in [1.165, 1.54) is 24.8 Å². The van der Waals surface area contributed by atoms with Gasteiger partial charge in [0.1, 0.15) is 23.8 Å². The Kier molecular flexibility index (Phi) is 9.46. The number of carbonyl (C=O) groups is 1. The van der Waals surface area contributed by atoms with E-state index < -0.39 is 14.9 Å². The van der Waals surface area contributed by atoms with Crippen LogP contribution in [-0.4, -0.2) is 52.3 Å². The van der Waals surface area contributed by atoms with E-state index in [1.807, 2.05) is 24.3 Å². The van der Waals surface area contributed by atoms with Crippen LogP contribution in [0.25, 0.3) is 0 Å². The normalized spacial score (nSPS) is 11.0. The van der Waals surface area contributed by atoms with Gasteiger partial charge in [-0.3, -0.25) is 19.2 Å². The molecule has 0 fully saturated rings. The molecule has 10 nitrogen and oxygen atoms in total. The molecule has 0 bridgehead atoms. The molecule has 0 unspecified atom stereocenters. The summed E-state index contributed by atoms with van der Waals surface area (Å²) in [6.45, 7) is 2.64. The number of benzene rings is 2. The summed E-state index contributed by atoms with van der Waals surface area (Å²) >= 11 is 0. The second kappa shape index (κ2) is 12.0. The minimum absolute atomic E-state index is 0.0376. The first-order chi connectivity index (χ1) is 15.7. The largest absolute Gasteiger partial charge is 0.495 e. The van der Waals surface area contributed by atoms with E-state index in [9.17, 15) is 23.3 Å². The lowest BCUT2D eigenvalue weighted by molar-refractivity contribution is -0.384. The minimum atomic E-state index is -3.77. The summed E-state index contributed by atoms with van der Waals surface area (Å²) in [7, 11) is -2.42. The topological polar surface area (TPSA) is 128 Å². The fraction of sp³-hybridized carbons (Fsp3) is 0.409. The smallest absolute Gasteiger partial charge is 0.271 e. The highest BCUT2D eigenvalue weighted by molar-refractivity contribution is 7.92. The van der Waals surface area contributed by atoms with Crippen LogP contribution in [0.3, 0.4) is 0 Å². The van der Waals surface area contributed by atoms with E-state index in [0.29, 0.717) is 13.2 Å². The van der Waals surface area contributed by atoms with Crippen molar-refractivity contribution >= 4 is 27.3 Å². The van der Waals surface area contributed by atoms with Gasteiger partial charge in [0.05, 0.1) is 24.8 Å². The highest BCUT2D eigenvalue weighted by Crippen LogP contribution is 2.33. The molecule has 0 saturated heterocycles. The van der Waals surface area contributed by atoms with E-state index in [1.54, 1.807) is 0 Å². The van der Waals surface area contributed by atoms with Crippen molar-refractivity contribution in [2.45, 2.75) is 26.2 Å². The predicted molar refractivity (Wildman–Crippen MR) is 125 cm³/mol. The number of rotatable bonds is 13. The maximum atomic E-state index is 12.3. The fourth-order valence-corrected chi connectivity index (χ4v) is 4.06. The molecule has 0 aliphatic rings. The minimum Gasteiger partial charge on any atom is -0.495 e. The fourth-order valence-electron chi connectivity index (χ4n) is 3.10. The number of hydrogen-bond acceptors (Lipinski definition) is 7. The van der Waals surface area contributed by atoms with Gasteiger partial charge < -0.3 is 14.8 Å². The summed E-state index contributed by atoms with van der Waals surface area (Å²) < 4.78 is 36.4. The molecule has 2 rings (SSSR count). The van der Waals surface area contributed by atoms with Crippen molar-refractivity contribution in [2.24, 2.45) is 0 Å². The predicted octanol–water partition coefficient (Wildman–Crippen LogP) is 2.91. The van der Waals surface area contributed by atoms with Crippen LogP contribution in [0.15, 0.2) is 42.5 Å². The summed E-state index contributed by atoms with van der Waals surface area (Å²) in [6.07, 6.45) is 2.23. The molecule has 11 heteroatoms. The number of nitro benzene ring substituents is 1. The molecule has 0 aromatic heterocycles. The van der Waals surface area contributed by atoms with Crippen LogP contribution in [0, 0.1) is 10.1 Å². The third kappa shape index (κ3) is 7.94. The molecule has 0 radical (unpaired) electrons. The van der Waals surface area contributed by atoms with E-state index in [0.717, 1.165) is 28.8 Å². The summed E-state index contributed by atoms with van der Waals surface area (Å²) in [5, 5.41) is 13.8. The molecule has 33 heavy (non-hydrogen) atoms. The number of ether oxygens (including phenoxy) is 2. The van der Waals surface area contributed by atoms with E-state index in [2.05, 4.69) is 12.2 Å². The molecule has 1 N–H and O–H groups in total. The second-order valence-corrected chi connectivity index (χ2v) is 9.15. The van der Waals surface area contributed by atoms with Gasteiger partial charge in [0.2, 0.25) is 15.9 Å². The number of amides is 1. The van der Waals surface area contributed by atoms with Crippen LogP contribution in [-0.2, 0) is 21.2 Å². The van der Waals surface area contributed by atoms with Crippen LogP contribution in [0.5, 0.6) is 11.5 Å². The van der Waals surface area contributed by atoms with Crippen molar-refractivity contribution in [1.82, 2.24) is 5.32 Å². The number of nitrogens with one attached hydrogen (secondary N) is 1. The first kappa shape index (κ1) is 25.9. The Bertz CT molecular complexity index is 1060. The molecular weight excluding hydrogens is 450 g/mol. The van der Waals surface area contributed by atoms with Crippen LogP contribution in [0.4, 0.5) is 11.4 Å². The van der Waals surface area contributed by atoms with Crippen molar-refractivity contribution in [2.75, 3.05) is 37.4 Å². The Morgan fingerprint density at radius 3 is 2.45 bits per heavy atom. The third-order valence-corrected chi connectivity index (χ3v) is 6.01. The van der Waals surface area contributed by atoms with E-state index in [4.69, 9.17) is 9.47 Å². The molecule has 2 aromatic carbocycles. The number of carbonyl (C=O) groups excluding carboxylic acids is 1. The van der Waals surface area contributed by atoms with Crippen LogP contribution >= 0.6 is 0 Å². The number of nitrogens with zero attached hydrogens (tertiary/aromatic N) is 2. The molecule has 0 aliphatic heterocycles. The summed E-state index contributed by atoms with van der Waals surface area (Å²) in [5.74, 6) is 0.648. The van der Waals surface area contributed by atoms with E-state index in [-0.39, 0.29) is 42.4 Å². The van der Waals surface area contributed by atoms with Crippen molar-refractivity contribution in [3.8, 4) is 11.5 Å². The summed E-state index contributed by atoms with van der Waals surface area (Å²) in [5.41, 5.74) is 1.00. The van der Waals surface area contributed by atoms with Gasteiger partial charge in [-0.05, 0) is 36.6 Å². The standard InChI is InChI=1S/C22H29N3O7S/c1-4-17-7-10-19(11-8-17)32-15-13-23-22(26)6-5-14-24(33(3,29)30)20-16-18(25(27)28)9-12-21(20)31-2/h7-12,16H,4-6,13-15H2,1-3H3,(H,23,26). The number of aryl methyl sites for hydroxylation is 1. The second-order valence-electron chi connectivity index (χ2n) is 7.25. The summed E-state index contributed by atoms with van der Waals surface area (Å²) in [4.78, 5) is 22.6. The average Bonchev–Trinajstić information content (AvgIpc) is 2.78. The molecule has 0 heterocycles. The molecular formula is C22H29N3O7S. The van der Waals surface area contributed by atoms with Gasteiger partial charge >= 0.3 is 0 Å². The van der Waals surface area contributed by atoms with Gasteiger partial charge in [0.25, 0.3) is 5.69 Å². The van der Waals surface area contributed by atoms with Gasteiger partial charge in [-0.15, -0.1) is 0 Å². The van der Waals surface area contributed by atoms with Gasteiger partial charge in [0, 0.05) is 25.1 Å². The third-order valence-electron chi connectivity index (χ3n) is 4.83. The zero-order valence-electron chi connectivity index (χ0n) is 18.9. The number of nitro groups is 1. The van der Waals surface area contributed by atoms with Gasteiger partial charge in [0.15, 0.2) is 0 Å². The number of non-ortho nitro benzene ring substituents is 1. The highest BCUT2D eigenvalue weighted by atomic mass is 32.2. The molecule has 2 aromatic rings. The molecule has 1 amide bonds. The molecule has 0 saturated carbocycles. The zero-order valence-corrected chi connectivity index (χ0v) is 19.8. The molecule has 180 valence electrons.